The van der Waals surface area contributed by atoms with Gasteiger partial charge in [-0.15, -0.1) is 0 Å². The summed E-state index contributed by atoms with van der Waals surface area (Å²) in [6, 6.07) is 8.36. The van der Waals surface area contributed by atoms with Crippen molar-refractivity contribution in [3.05, 3.63) is 52.1 Å². The Morgan fingerprint density at radius 3 is 2.61 bits per heavy atom. The molecule has 0 amide bonds. The van der Waals surface area contributed by atoms with E-state index in [4.69, 9.17) is 27.9 Å². The van der Waals surface area contributed by atoms with Crippen molar-refractivity contribution in [3.63, 3.8) is 0 Å². The molecule has 0 saturated carbocycles. The van der Waals surface area contributed by atoms with Crippen molar-refractivity contribution < 1.29 is 9.84 Å². The van der Waals surface area contributed by atoms with Crippen LogP contribution in [0, 0.1) is 0 Å². The fourth-order valence-corrected chi connectivity index (χ4v) is 1.69. The summed E-state index contributed by atoms with van der Waals surface area (Å²) in [6.45, 7) is 1.68. The summed E-state index contributed by atoms with van der Waals surface area (Å²) in [7, 11) is 0. The van der Waals surface area contributed by atoms with Crippen molar-refractivity contribution in [2.24, 2.45) is 0 Å². The number of aliphatic hydroxyl groups excluding tert-OH is 1. The van der Waals surface area contributed by atoms with Crippen LogP contribution in [0.5, 0.6) is 11.6 Å². The van der Waals surface area contributed by atoms with Crippen molar-refractivity contribution >= 4 is 23.2 Å². The highest BCUT2D eigenvalue weighted by Crippen LogP contribution is 2.29. The minimum atomic E-state index is -0.566. The Hall–Kier alpha value is -1.29. The third kappa shape index (κ3) is 3.13. The third-order valence-corrected chi connectivity index (χ3v) is 3.09. The highest BCUT2D eigenvalue weighted by molar-refractivity contribution is 6.42. The number of rotatable bonds is 3. The lowest BCUT2D eigenvalue weighted by Gasteiger charge is -2.08. The first kappa shape index (κ1) is 13.1. The average molecular weight is 284 g/mol. The maximum atomic E-state index is 9.47. The minimum Gasteiger partial charge on any atom is -0.439 e. The largest absolute Gasteiger partial charge is 0.439 e. The third-order valence-electron chi connectivity index (χ3n) is 2.35. The van der Waals surface area contributed by atoms with Crippen LogP contribution in [-0.4, -0.2) is 10.1 Å². The van der Waals surface area contributed by atoms with E-state index in [0.717, 1.165) is 5.56 Å². The van der Waals surface area contributed by atoms with Gasteiger partial charge in [-0.2, -0.15) is 0 Å². The van der Waals surface area contributed by atoms with E-state index in [0.29, 0.717) is 21.7 Å². The molecule has 18 heavy (non-hydrogen) atoms. The van der Waals surface area contributed by atoms with Crippen molar-refractivity contribution in [1.29, 1.82) is 0 Å². The molecule has 5 heteroatoms. The summed E-state index contributed by atoms with van der Waals surface area (Å²) in [6.07, 6.45) is 1.01. The monoisotopic (exact) mass is 283 g/mol. The summed E-state index contributed by atoms with van der Waals surface area (Å²) < 4.78 is 5.54. The van der Waals surface area contributed by atoms with Gasteiger partial charge in [0.1, 0.15) is 5.75 Å². The van der Waals surface area contributed by atoms with Gasteiger partial charge in [0.2, 0.25) is 5.88 Å². The fourth-order valence-electron chi connectivity index (χ4n) is 1.40. The zero-order valence-electron chi connectivity index (χ0n) is 9.60. The molecule has 0 aliphatic rings. The van der Waals surface area contributed by atoms with Gasteiger partial charge in [0, 0.05) is 18.3 Å². The van der Waals surface area contributed by atoms with Crippen LogP contribution >= 0.6 is 23.2 Å². The zero-order valence-corrected chi connectivity index (χ0v) is 11.1. The van der Waals surface area contributed by atoms with Crippen LogP contribution in [0.25, 0.3) is 0 Å². The Kier molecular flexibility index (Phi) is 4.07. The van der Waals surface area contributed by atoms with Crippen LogP contribution in [-0.2, 0) is 0 Å². The van der Waals surface area contributed by atoms with E-state index < -0.39 is 6.10 Å². The SMILES string of the molecule is C[C@H](O)c1ccnc(Oc2ccc(Cl)c(Cl)c2)c1. The van der Waals surface area contributed by atoms with Crippen LogP contribution in [0.3, 0.4) is 0 Å². The van der Waals surface area contributed by atoms with Crippen molar-refractivity contribution in [3.8, 4) is 11.6 Å². The maximum Gasteiger partial charge on any atom is 0.219 e. The number of hydrogen-bond acceptors (Lipinski definition) is 3. The Morgan fingerprint density at radius 2 is 1.94 bits per heavy atom. The Labute approximate surface area is 115 Å². The van der Waals surface area contributed by atoms with Gasteiger partial charge in [-0.3, -0.25) is 0 Å². The lowest BCUT2D eigenvalue weighted by Crippen LogP contribution is -1.94. The number of hydrogen-bond donors (Lipinski definition) is 1. The van der Waals surface area contributed by atoms with Gasteiger partial charge >= 0.3 is 0 Å². The quantitative estimate of drug-likeness (QED) is 0.916. The molecule has 0 fully saturated rings. The molecule has 94 valence electrons. The van der Waals surface area contributed by atoms with Crippen LogP contribution in [0.2, 0.25) is 10.0 Å². The molecule has 0 aliphatic heterocycles. The molecule has 1 heterocycles. The van der Waals surface area contributed by atoms with Gasteiger partial charge in [0.05, 0.1) is 16.1 Å². The van der Waals surface area contributed by atoms with Crippen LogP contribution in [0.1, 0.15) is 18.6 Å². The molecule has 0 unspecified atom stereocenters. The summed E-state index contributed by atoms with van der Waals surface area (Å²) in [5.41, 5.74) is 0.736. The lowest BCUT2D eigenvalue weighted by molar-refractivity contribution is 0.198. The predicted octanol–water partition coefficient (Wildman–Crippen LogP) is 4.23. The fraction of sp³-hybridized carbons (Fsp3) is 0.154. The topological polar surface area (TPSA) is 42.4 Å². The number of halogens is 2. The number of benzene rings is 1. The summed E-state index contributed by atoms with van der Waals surface area (Å²) >= 11 is 11.7. The number of nitrogens with zero attached hydrogens (tertiary/aromatic N) is 1. The Balaban J connectivity index is 2.23. The highest BCUT2D eigenvalue weighted by Gasteiger charge is 2.06. The summed E-state index contributed by atoms with van der Waals surface area (Å²) in [5.74, 6) is 0.937. The molecule has 1 aromatic heterocycles. The minimum absolute atomic E-state index is 0.395. The number of pyridine rings is 1. The number of aliphatic hydroxyl groups is 1. The van der Waals surface area contributed by atoms with E-state index in [1.807, 2.05) is 0 Å². The molecule has 3 nitrogen and oxygen atoms in total. The molecule has 0 bridgehead atoms. The molecule has 0 aliphatic carbocycles. The molecule has 0 radical (unpaired) electrons. The van der Waals surface area contributed by atoms with Crippen LogP contribution < -0.4 is 4.74 Å². The van der Waals surface area contributed by atoms with Gasteiger partial charge in [0.15, 0.2) is 0 Å². The Morgan fingerprint density at radius 1 is 1.17 bits per heavy atom. The first-order valence-corrected chi connectivity index (χ1v) is 6.09. The first-order valence-electron chi connectivity index (χ1n) is 5.33. The van der Waals surface area contributed by atoms with Gasteiger partial charge in [-0.05, 0) is 30.7 Å². The number of aromatic nitrogens is 1. The second-order valence-electron chi connectivity index (χ2n) is 3.78. The second-order valence-corrected chi connectivity index (χ2v) is 4.60. The Bertz CT molecular complexity index is 558. The van der Waals surface area contributed by atoms with Gasteiger partial charge < -0.3 is 9.84 Å². The van der Waals surface area contributed by atoms with E-state index in [2.05, 4.69) is 4.98 Å². The summed E-state index contributed by atoms with van der Waals surface area (Å²) in [5, 5.41) is 10.4. The molecule has 2 rings (SSSR count). The average Bonchev–Trinajstić information content (AvgIpc) is 2.34. The van der Waals surface area contributed by atoms with Crippen LogP contribution in [0.15, 0.2) is 36.5 Å². The lowest BCUT2D eigenvalue weighted by atomic mass is 10.2. The van der Waals surface area contributed by atoms with Crippen molar-refractivity contribution in [2.75, 3.05) is 0 Å². The zero-order chi connectivity index (χ0) is 13.1. The van der Waals surface area contributed by atoms with Gasteiger partial charge in [-0.25, -0.2) is 4.98 Å². The smallest absolute Gasteiger partial charge is 0.219 e. The maximum absolute atomic E-state index is 9.47. The van der Waals surface area contributed by atoms with E-state index in [1.54, 1.807) is 43.5 Å². The van der Waals surface area contributed by atoms with E-state index in [-0.39, 0.29) is 0 Å². The van der Waals surface area contributed by atoms with Crippen molar-refractivity contribution in [2.45, 2.75) is 13.0 Å². The summed E-state index contributed by atoms with van der Waals surface area (Å²) in [4.78, 5) is 4.06. The molecule has 2 aromatic rings. The molecular weight excluding hydrogens is 273 g/mol. The molecule has 1 atom stereocenters. The predicted molar refractivity (Wildman–Crippen MR) is 71.4 cm³/mol. The first-order chi connectivity index (χ1) is 8.56. The van der Waals surface area contributed by atoms with Gasteiger partial charge in [0.25, 0.3) is 0 Å². The van der Waals surface area contributed by atoms with Crippen molar-refractivity contribution in [1.82, 2.24) is 4.98 Å². The molecule has 0 spiro atoms. The van der Waals surface area contributed by atoms with E-state index >= 15 is 0 Å². The molecule has 1 aromatic carbocycles. The second kappa shape index (κ2) is 5.57. The van der Waals surface area contributed by atoms with E-state index in [1.165, 1.54) is 0 Å². The van der Waals surface area contributed by atoms with Crippen LogP contribution in [0.4, 0.5) is 0 Å². The molecule has 0 saturated heterocycles. The number of ether oxygens (including phenoxy) is 1. The normalized spacial score (nSPS) is 12.2. The molecule has 1 N–H and O–H groups in total. The van der Waals surface area contributed by atoms with Gasteiger partial charge in [-0.1, -0.05) is 23.2 Å². The standard InChI is InChI=1S/C13H11Cl2NO2/c1-8(17)9-4-5-16-13(6-9)18-10-2-3-11(14)12(15)7-10/h2-8,17H,1H3/t8-/m0/s1. The molecular formula is C13H11Cl2NO2. The van der Waals surface area contributed by atoms with E-state index in [9.17, 15) is 5.11 Å². The highest BCUT2D eigenvalue weighted by atomic mass is 35.5.